The maximum absolute atomic E-state index is 10.6. The van der Waals surface area contributed by atoms with Crippen molar-refractivity contribution in [3.8, 4) is 11.5 Å². The number of rotatable bonds is 4. The van der Waals surface area contributed by atoms with Crippen LogP contribution in [-0.4, -0.2) is 11.2 Å². The van der Waals surface area contributed by atoms with Gasteiger partial charge in [-0.25, -0.2) is 0 Å². The van der Waals surface area contributed by atoms with Crippen LogP contribution < -0.4 is 4.74 Å². The van der Waals surface area contributed by atoms with Crippen molar-refractivity contribution in [2.75, 3.05) is 0 Å². The Balaban J connectivity index is 2.30. The van der Waals surface area contributed by atoms with Crippen molar-refractivity contribution in [1.29, 1.82) is 0 Å². The number of benzene rings is 1. The summed E-state index contributed by atoms with van der Waals surface area (Å²) in [6.07, 6.45) is 0.701. The van der Waals surface area contributed by atoms with Crippen LogP contribution in [0.1, 0.15) is 9.67 Å². The SMILES string of the molecule is O=Cc1cc(Oc2cc([N+](=O)[O-])ccc2Cl)cs1. The average Bonchev–Trinajstić information content (AvgIpc) is 2.79. The van der Waals surface area contributed by atoms with Crippen molar-refractivity contribution < 1.29 is 14.5 Å². The van der Waals surface area contributed by atoms with Crippen LogP contribution in [0.2, 0.25) is 5.02 Å². The molecule has 0 amide bonds. The molecular weight excluding hydrogens is 278 g/mol. The van der Waals surface area contributed by atoms with E-state index in [1.165, 1.54) is 35.6 Å². The summed E-state index contributed by atoms with van der Waals surface area (Å²) in [4.78, 5) is 21.1. The summed E-state index contributed by atoms with van der Waals surface area (Å²) in [7, 11) is 0. The summed E-state index contributed by atoms with van der Waals surface area (Å²) in [5.41, 5.74) is -0.111. The van der Waals surface area contributed by atoms with E-state index in [9.17, 15) is 14.9 Å². The molecule has 0 aliphatic heterocycles. The van der Waals surface area contributed by atoms with Crippen molar-refractivity contribution >= 4 is 34.9 Å². The van der Waals surface area contributed by atoms with Crippen LogP contribution in [0.5, 0.6) is 11.5 Å². The second-order valence-corrected chi connectivity index (χ2v) is 4.63. The van der Waals surface area contributed by atoms with E-state index in [1.807, 2.05) is 0 Å². The molecule has 0 aliphatic rings. The number of hydrogen-bond donors (Lipinski definition) is 0. The van der Waals surface area contributed by atoms with Gasteiger partial charge in [0.25, 0.3) is 5.69 Å². The fourth-order valence-corrected chi connectivity index (χ4v) is 2.02. The summed E-state index contributed by atoms with van der Waals surface area (Å²) in [6, 6.07) is 5.45. The highest BCUT2D eigenvalue weighted by Crippen LogP contribution is 2.34. The lowest BCUT2D eigenvalue weighted by atomic mass is 10.3. The first kappa shape index (κ1) is 12.5. The molecule has 5 nitrogen and oxygen atoms in total. The molecule has 0 saturated carbocycles. The third kappa shape index (κ3) is 2.66. The van der Waals surface area contributed by atoms with Crippen LogP contribution in [0.3, 0.4) is 0 Å². The molecule has 1 aromatic carbocycles. The molecule has 0 spiro atoms. The molecular formula is C11H6ClNO4S. The van der Waals surface area contributed by atoms with Crippen LogP contribution in [0.25, 0.3) is 0 Å². The van der Waals surface area contributed by atoms with Crippen molar-refractivity contribution in [3.63, 3.8) is 0 Å². The zero-order chi connectivity index (χ0) is 13.1. The largest absolute Gasteiger partial charge is 0.455 e. The quantitative estimate of drug-likeness (QED) is 0.484. The van der Waals surface area contributed by atoms with Gasteiger partial charge in [-0.1, -0.05) is 11.6 Å². The lowest BCUT2D eigenvalue weighted by Gasteiger charge is -2.04. The van der Waals surface area contributed by atoms with Crippen LogP contribution in [0.15, 0.2) is 29.6 Å². The van der Waals surface area contributed by atoms with Gasteiger partial charge in [0, 0.05) is 17.5 Å². The third-order valence-electron chi connectivity index (χ3n) is 2.07. The van der Waals surface area contributed by atoms with Gasteiger partial charge in [0.2, 0.25) is 0 Å². The van der Waals surface area contributed by atoms with E-state index < -0.39 is 4.92 Å². The van der Waals surface area contributed by atoms with Gasteiger partial charge >= 0.3 is 0 Å². The molecule has 0 fully saturated rings. The van der Waals surface area contributed by atoms with E-state index in [0.29, 0.717) is 16.9 Å². The molecule has 1 aromatic heterocycles. The Kier molecular flexibility index (Phi) is 3.59. The number of carbonyl (C=O) groups is 1. The molecule has 0 N–H and O–H groups in total. The summed E-state index contributed by atoms with van der Waals surface area (Å²) in [5, 5.41) is 12.5. The number of nitro benzene ring substituents is 1. The number of nitro groups is 1. The highest BCUT2D eigenvalue weighted by atomic mass is 35.5. The first-order valence-corrected chi connectivity index (χ1v) is 6.01. The monoisotopic (exact) mass is 283 g/mol. The van der Waals surface area contributed by atoms with Crippen LogP contribution >= 0.6 is 22.9 Å². The molecule has 2 rings (SSSR count). The van der Waals surface area contributed by atoms with Crippen molar-refractivity contribution in [3.05, 3.63) is 49.7 Å². The molecule has 0 aliphatic carbocycles. The Morgan fingerprint density at radius 1 is 1.39 bits per heavy atom. The van der Waals surface area contributed by atoms with Crippen LogP contribution in [0, 0.1) is 10.1 Å². The lowest BCUT2D eigenvalue weighted by molar-refractivity contribution is -0.384. The minimum absolute atomic E-state index is 0.111. The van der Waals surface area contributed by atoms with E-state index in [0.717, 1.165) is 0 Å². The molecule has 0 atom stereocenters. The van der Waals surface area contributed by atoms with Crippen molar-refractivity contribution in [2.45, 2.75) is 0 Å². The second kappa shape index (κ2) is 5.16. The summed E-state index contributed by atoms with van der Waals surface area (Å²) >= 11 is 7.09. The van der Waals surface area contributed by atoms with Gasteiger partial charge in [-0.05, 0) is 6.07 Å². The molecule has 0 unspecified atom stereocenters. The molecule has 18 heavy (non-hydrogen) atoms. The zero-order valence-electron chi connectivity index (χ0n) is 8.83. The lowest BCUT2D eigenvalue weighted by Crippen LogP contribution is -1.90. The highest BCUT2D eigenvalue weighted by molar-refractivity contribution is 7.11. The van der Waals surface area contributed by atoms with Crippen molar-refractivity contribution in [1.82, 2.24) is 0 Å². The van der Waals surface area contributed by atoms with E-state index in [2.05, 4.69) is 0 Å². The Hall–Kier alpha value is -1.92. The molecule has 0 radical (unpaired) electrons. The van der Waals surface area contributed by atoms with Gasteiger partial charge in [0.1, 0.15) is 5.75 Å². The number of non-ortho nitro benzene ring substituents is 1. The van der Waals surface area contributed by atoms with Crippen LogP contribution in [0.4, 0.5) is 5.69 Å². The van der Waals surface area contributed by atoms with Gasteiger partial charge in [0.05, 0.1) is 20.9 Å². The predicted octanol–water partition coefficient (Wildman–Crippen LogP) is 3.91. The predicted molar refractivity (Wildman–Crippen MR) is 67.9 cm³/mol. The topological polar surface area (TPSA) is 69.4 Å². The smallest absolute Gasteiger partial charge is 0.273 e. The van der Waals surface area contributed by atoms with E-state index in [-0.39, 0.29) is 16.5 Å². The Bertz CT molecular complexity index is 611. The fraction of sp³-hybridized carbons (Fsp3) is 0. The molecule has 0 saturated heterocycles. The van der Waals surface area contributed by atoms with Gasteiger partial charge in [-0.15, -0.1) is 11.3 Å². The maximum atomic E-state index is 10.6. The normalized spacial score (nSPS) is 10.1. The number of ether oxygens (including phenoxy) is 1. The Labute approximate surface area is 111 Å². The number of nitrogens with zero attached hydrogens (tertiary/aromatic N) is 1. The molecule has 0 bridgehead atoms. The minimum atomic E-state index is -0.534. The second-order valence-electron chi connectivity index (χ2n) is 3.28. The third-order valence-corrected chi connectivity index (χ3v) is 3.21. The van der Waals surface area contributed by atoms with E-state index >= 15 is 0 Å². The summed E-state index contributed by atoms with van der Waals surface area (Å²) in [6.45, 7) is 0. The van der Waals surface area contributed by atoms with Crippen LogP contribution in [-0.2, 0) is 0 Å². The minimum Gasteiger partial charge on any atom is -0.455 e. The van der Waals surface area contributed by atoms with Gasteiger partial charge in [0.15, 0.2) is 12.0 Å². The number of aldehydes is 1. The first-order valence-electron chi connectivity index (χ1n) is 4.75. The Morgan fingerprint density at radius 2 is 2.17 bits per heavy atom. The van der Waals surface area contributed by atoms with E-state index in [4.69, 9.17) is 16.3 Å². The van der Waals surface area contributed by atoms with Gasteiger partial charge in [-0.2, -0.15) is 0 Å². The molecule has 1 heterocycles. The fourth-order valence-electron chi connectivity index (χ4n) is 1.26. The average molecular weight is 284 g/mol. The molecule has 2 aromatic rings. The highest BCUT2D eigenvalue weighted by Gasteiger charge is 2.12. The standard InChI is InChI=1S/C11H6ClNO4S/c12-10-2-1-7(13(15)16)3-11(10)17-8-4-9(5-14)18-6-8/h1-6H. The van der Waals surface area contributed by atoms with Gasteiger partial charge < -0.3 is 4.74 Å². The Morgan fingerprint density at radius 3 is 2.78 bits per heavy atom. The maximum Gasteiger partial charge on any atom is 0.273 e. The number of halogens is 1. The summed E-state index contributed by atoms with van der Waals surface area (Å²) in [5.74, 6) is 0.602. The van der Waals surface area contributed by atoms with E-state index in [1.54, 1.807) is 5.38 Å². The number of carbonyl (C=O) groups excluding carboxylic acids is 1. The molecule has 7 heteroatoms. The van der Waals surface area contributed by atoms with Crippen molar-refractivity contribution in [2.24, 2.45) is 0 Å². The van der Waals surface area contributed by atoms with Gasteiger partial charge in [-0.3, -0.25) is 14.9 Å². The zero-order valence-corrected chi connectivity index (χ0v) is 10.4. The number of hydrogen-bond acceptors (Lipinski definition) is 5. The summed E-state index contributed by atoms with van der Waals surface area (Å²) < 4.78 is 5.40. The number of thiophene rings is 1. The molecule has 92 valence electrons. The first-order chi connectivity index (χ1) is 8.60.